The highest BCUT2D eigenvalue weighted by atomic mass is 16.5. The Bertz CT molecular complexity index is 1270. The first-order valence-electron chi connectivity index (χ1n) is 11.6. The fourth-order valence-corrected chi connectivity index (χ4v) is 3.85. The lowest BCUT2D eigenvalue weighted by Gasteiger charge is -2.27. The van der Waals surface area contributed by atoms with E-state index in [9.17, 15) is 14.4 Å². The molecule has 3 aromatic rings. The Hall–Kier alpha value is -3.92. The number of amides is 2. The minimum absolute atomic E-state index is 0.0166. The van der Waals surface area contributed by atoms with Crippen molar-refractivity contribution >= 4 is 28.5 Å². The smallest absolute Gasteiger partial charge is 0.279 e. The van der Waals surface area contributed by atoms with Gasteiger partial charge < -0.3 is 14.4 Å². The van der Waals surface area contributed by atoms with Crippen LogP contribution in [0.25, 0.3) is 10.8 Å². The molecule has 1 aliphatic rings. The number of carbonyl (C=O) groups is 2. The zero-order valence-corrected chi connectivity index (χ0v) is 19.8. The predicted octanol–water partition coefficient (Wildman–Crippen LogP) is 1.62. The normalized spacial score (nSPS) is 14.4. The van der Waals surface area contributed by atoms with Crippen molar-refractivity contribution in [3.63, 3.8) is 0 Å². The van der Waals surface area contributed by atoms with E-state index in [-0.39, 0.29) is 18.4 Å². The molecule has 2 amide bonds. The maximum Gasteiger partial charge on any atom is 0.279 e. The van der Waals surface area contributed by atoms with Crippen LogP contribution in [0, 0.1) is 6.92 Å². The van der Waals surface area contributed by atoms with Gasteiger partial charge in [0.15, 0.2) is 6.10 Å². The van der Waals surface area contributed by atoms with Crippen LogP contribution in [0.4, 0.5) is 5.95 Å². The number of anilines is 1. The summed E-state index contributed by atoms with van der Waals surface area (Å²) in [5, 5.41) is 2.08. The number of aromatic amines is 1. The molecule has 1 aromatic heterocycles. The van der Waals surface area contributed by atoms with Gasteiger partial charge in [-0.2, -0.15) is 0 Å². The summed E-state index contributed by atoms with van der Waals surface area (Å²) in [7, 11) is 0. The molecule has 1 saturated heterocycles. The van der Waals surface area contributed by atoms with Gasteiger partial charge in [-0.1, -0.05) is 30.3 Å². The van der Waals surface area contributed by atoms with Crippen LogP contribution >= 0.6 is 0 Å². The van der Waals surface area contributed by atoms with E-state index in [0.717, 1.165) is 10.8 Å². The fourth-order valence-electron chi connectivity index (χ4n) is 3.85. The summed E-state index contributed by atoms with van der Waals surface area (Å²) in [6.07, 6.45) is -0.607. The molecule has 2 heterocycles. The van der Waals surface area contributed by atoms with E-state index in [1.807, 2.05) is 41.3 Å². The summed E-state index contributed by atoms with van der Waals surface area (Å²) < 4.78 is 11.0. The third-order valence-corrected chi connectivity index (χ3v) is 5.85. The second kappa shape index (κ2) is 11.0. The van der Waals surface area contributed by atoms with E-state index >= 15 is 0 Å². The number of H-pyrrole nitrogens is 1. The summed E-state index contributed by atoms with van der Waals surface area (Å²) >= 11 is 0. The SMILES string of the molecule is Cc1nc(N2CCOCC2)[nH]c(=O)c1CCC(=O)NNC(=O)C(C)Oc1ccc2ccccc2c1. The van der Waals surface area contributed by atoms with Gasteiger partial charge in [0, 0.05) is 30.8 Å². The van der Waals surface area contributed by atoms with E-state index in [4.69, 9.17) is 9.47 Å². The lowest BCUT2D eigenvalue weighted by atomic mass is 10.1. The average Bonchev–Trinajstić information content (AvgIpc) is 2.87. The molecule has 4 rings (SSSR count). The van der Waals surface area contributed by atoms with Gasteiger partial charge in [0.2, 0.25) is 11.9 Å². The quantitative estimate of drug-likeness (QED) is 0.440. The molecule has 35 heavy (non-hydrogen) atoms. The van der Waals surface area contributed by atoms with Crippen molar-refractivity contribution in [3.05, 3.63) is 64.1 Å². The highest BCUT2D eigenvalue weighted by molar-refractivity contribution is 5.86. The highest BCUT2D eigenvalue weighted by Gasteiger charge is 2.18. The molecule has 3 N–H and O–H groups in total. The van der Waals surface area contributed by atoms with E-state index in [1.165, 1.54) is 0 Å². The number of hydrazine groups is 1. The fraction of sp³-hybridized carbons (Fsp3) is 0.360. The Morgan fingerprint density at radius 2 is 1.89 bits per heavy atom. The van der Waals surface area contributed by atoms with Crippen molar-refractivity contribution < 1.29 is 19.1 Å². The molecule has 0 aliphatic carbocycles. The van der Waals surface area contributed by atoms with Crippen molar-refractivity contribution in [1.82, 2.24) is 20.8 Å². The Kier molecular flexibility index (Phi) is 7.61. The van der Waals surface area contributed by atoms with Gasteiger partial charge in [0.05, 0.1) is 13.2 Å². The molecule has 1 fully saturated rings. The second-order valence-corrected chi connectivity index (χ2v) is 8.36. The van der Waals surface area contributed by atoms with Gasteiger partial charge in [-0.05, 0) is 43.2 Å². The van der Waals surface area contributed by atoms with E-state index in [0.29, 0.717) is 49.3 Å². The summed E-state index contributed by atoms with van der Waals surface area (Å²) in [6.45, 7) is 5.84. The van der Waals surface area contributed by atoms with Crippen molar-refractivity contribution in [1.29, 1.82) is 0 Å². The Labute approximate surface area is 202 Å². The van der Waals surface area contributed by atoms with Crippen LogP contribution in [0.15, 0.2) is 47.3 Å². The Morgan fingerprint density at radius 3 is 2.63 bits per heavy atom. The lowest BCUT2D eigenvalue weighted by Crippen LogP contribution is -2.47. The van der Waals surface area contributed by atoms with Crippen LogP contribution in [0.2, 0.25) is 0 Å². The van der Waals surface area contributed by atoms with Gasteiger partial charge in [0.25, 0.3) is 11.5 Å². The number of aromatic nitrogens is 2. The number of nitrogens with zero attached hydrogens (tertiary/aromatic N) is 2. The largest absolute Gasteiger partial charge is 0.481 e. The number of carbonyl (C=O) groups excluding carboxylic acids is 2. The summed E-state index contributed by atoms with van der Waals surface area (Å²) in [6, 6.07) is 13.4. The maximum atomic E-state index is 12.6. The molecule has 0 radical (unpaired) electrons. The number of hydrogen-bond donors (Lipinski definition) is 3. The van der Waals surface area contributed by atoms with Crippen LogP contribution in [-0.4, -0.2) is 54.2 Å². The molecule has 10 nitrogen and oxygen atoms in total. The molecule has 1 atom stereocenters. The highest BCUT2D eigenvalue weighted by Crippen LogP contribution is 2.21. The number of aryl methyl sites for hydroxylation is 1. The van der Waals surface area contributed by atoms with E-state index < -0.39 is 17.9 Å². The Morgan fingerprint density at radius 1 is 1.14 bits per heavy atom. The zero-order chi connectivity index (χ0) is 24.8. The van der Waals surface area contributed by atoms with Gasteiger partial charge >= 0.3 is 0 Å². The first-order valence-corrected chi connectivity index (χ1v) is 11.6. The molecule has 1 unspecified atom stereocenters. The predicted molar refractivity (Wildman–Crippen MR) is 131 cm³/mol. The van der Waals surface area contributed by atoms with E-state index in [2.05, 4.69) is 20.8 Å². The number of rotatable bonds is 7. The molecular weight excluding hydrogens is 450 g/mol. The maximum absolute atomic E-state index is 12.6. The third kappa shape index (κ3) is 6.15. The van der Waals surface area contributed by atoms with Crippen molar-refractivity contribution in [2.45, 2.75) is 32.8 Å². The number of hydrogen-bond acceptors (Lipinski definition) is 7. The molecular formula is C25H29N5O5. The summed E-state index contributed by atoms with van der Waals surface area (Å²) in [5.41, 5.74) is 5.50. The monoisotopic (exact) mass is 479 g/mol. The van der Waals surface area contributed by atoms with Gasteiger partial charge in [-0.3, -0.25) is 30.2 Å². The molecule has 1 aliphatic heterocycles. The molecule has 0 spiro atoms. The number of ether oxygens (including phenoxy) is 2. The van der Waals surface area contributed by atoms with Crippen molar-refractivity contribution in [2.24, 2.45) is 0 Å². The average molecular weight is 480 g/mol. The summed E-state index contributed by atoms with van der Waals surface area (Å²) in [5.74, 6) is 0.154. The molecule has 0 bridgehead atoms. The number of nitrogens with one attached hydrogen (secondary N) is 3. The van der Waals surface area contributed by atoms with Crippen LogP contribution in [-0.2, 0) is 20.7 Å². The van der Waals surface area contributed by atoms with E-state index in [1.54, 1.807) is 19.9 Å². The number of benzene rings is 2. The van der Waals surface area contributed by atoms with Gasteiger partial charge in [-0.25, -0.2) is 4.98 Å². The summed E-state index contributed by atoms with van der Waals surface area (Å²) in [4.78, 5) is 46.4. The van der Waals surface area contributed by atoms with Gasteiger partial charge in [0.1, 0.15) is 5.75 Å². The van der Waals surface area contributed by atoms with Gasteiger partial charge in [-0.15, -0.1) is 0 Å². The lowest BCUT2D eigenvalue weighted by molar-refractivity contribution is -0.132. The third-order valence-electron chi connectivity index (χ3n) is 5.85. The number of morpholine rings is 1. The molecule has 0 saturated carbocycles. The van der Waals surface area contributed by atoms with Crippen LogP contribution in [0.5, 0.6) is 5.75 Å². The zero-order valence-electron chi connectivity index (χ0n) is 19.8. The Balaban J connectivity index is 1.26. The molecule has 184 valence electrons. The second-order valence-electron chi connectivity index (χ2n) is 8.36. The van der Waals surface area contributed by atoms with Crippen LogP contribution in [0.1, 0.15) is 24.6 Å². The topological polar surface area (TPSA) is 126 Å². The standard InChI is InChI=1S/C25H29N5O5/c1-16-21(24(33)27-25(26-16)30-11-13-34-14-12-30)9-10-22(31)28-29-23(32)17(2)35-20-8-7-18-5-3-4-6-19(18)15-20/h3-8,15,17H,9-14H2,1-2H3,(H,28,31)(H,29,32)(H,26,27,33). The molecule has 10 heteroatoms. The van der Waals surface area contributed by atoms with Crippen molar-refractivity contribution in [3.8, 4) is 5.75 Å². The molecule has 2 aromatic carbocycles. The van der Waals surface area contributed by atoms with Crippen molar-refractivity contribution in [2.75, 3.05) is 31.2 Å². The minimum atomic E-state index is -0.821. The van der Waals surface area contributed by atoms with Crippen LogP contribution in [0.3, 0.4) is 0 Å². The first kappa shape index (κ1) is 24.2. The number of fused-ring (bicyclic) bond motifs is 1. The first-order chi connectivity index (χ1) is 16.9. The minimum Gasteiger partial charge on any atom is -0.481 e. The van der Waals surface area contributed by atoms with Crippen LogP contribution < -0.4 is 26.0 Å².